The Bertz CT molecular complexity index is 1420. The van der Waals surface area contributed by atoms with Gasteiger partial charge in [0.15, 0.2) is 6.17 Å². The number of aliphatic hydroxyl groups excluding tert-OH is 1. The minimum atomic E-state index is -4.40. The Balaban J connectivity index is 1.43. The number of nitrogens with one attached hydrogen (secondary N) is 2. The van der Waals surface area contributed by atoms with Gasteiger partial charge in [-0.05, 0) is 55.5 Å². The number of rotatable bonds is 11. The Labute approximate surface area is 254 Å². The van der Waals surface area contributed by atoms with Gasteiger partial charge in [-0.25, -0.2) is 0 Å². The van der Waals surface area contributed by atoms with Crippen LogP contribution in [0.25, 0.3) is 0 Å². The average molecular weight is 611 g/mol. The van der Waals surface area contributed by atoms with Crippen LogP contribution in [0.1, 0.15) is 43.2 Å². The molecule has 2 aliphatic carbocycles. The molecule has 11 heteroatoms. The molecule has 0 aliphatic heterocycles. The van der Waals surface area contributed by atoms with Gasteiger partial charge in [0.2, 0.25) is 11.8 Å². The summed E-state index contributed by atoms with van der Waals surface area (Å²) in [6.07, 6.45) is -0.652. The van der Waals surface area contributed by atoms with Crippen molar-refractivity contribution in [2.24, 2.45) is 10.9 Å². The maximum Gasteiger partial charge on any atom is 0.416 e. The van der Waals surface area contributed by atoms with Gasteiger partial charge in [-0.15, -0.1) is 0 Å². The number of aliphatic imine (C=N–C) groups is 1. The number of likely N-dealkylation sites (N-methyl/N-ethyl adjacent to an activating group) is 1. The molecule has 44 heavy (non-hydrogen) atoms. The van der Waals surface area contributed by atoms with E-state index in [1.165, 1.54) is 24.1 Å². The molecule has 234 valence electrons. The maximum absolute atomic E-state index is 13.6. The number of benzene rings is 2. The van der Waals surface area contributed by atoms with Gasteiger partial charge in [0.1, 0.15) is 11.6 Å². The van der Waals surface area contributed by atoms with Crippen molar-refractivity contribution in [2.75, 3.05) is 11.9 Å². The van der Waals surface area contributed by atoms with Crippen molar-refractivity contribution in [1.29, 1.82) is 0 Å². The Morgan fingerprint density at radius 2 is 1.75 bits per heavy atom. The van der Waals surface area contributed by atoms with Crippen LogP contribution in [-0.2, 0) is 27.2 Å². The van der Waals surface area contributed by atoms with Crippen molar-refractivity contribution < 1.29 is 32.7 Å². The third-order valence-electron chi connectivity index (χ3n) is 8.19. The largest absolute Gasteiger partial charge is 0.416 e. The Hall–Kier alpha value is -4.25. The summed E-state index contributed by atoms with van der Waals surface area (Å²) in [5, 5.41) is 15.9. The smallest absolute Gasteiger partial charge is 0.383 e. The predicted molar refractivity (Wildman–Crippen MR) is 162 cm³/mol. The van der Waals surface area contributed by atoms with E-state index in [-0.39, 0.29) is 18.8 Å². The molecule has 0 radical (unpaired) electrons. The SMILES string of the molecule is C=NC(NC(=O)C1(NC(=O)[C@@H](O)Cc2ccccc2)CCCC1)C(=O)N(C)c1ccccc1CC1C=CC(C(F)(F)F)=CC1. The molecule has 8 nitrogen and oxygen atoms in total. The van der Waals surface area contributed by atoms with E-state index in [9.17, 15) is 32.7 Å². The first-order valence-corrected chi connectivity index (χ1v) is 14.6. The zero-order valence-electron chi connectivity index (χ0n) is 24.5. The summed E-state index contributed by atoms with van der Waals surface area (Å²) in [6, 6.07) is 16.1. The van der Waals surface area contributed by atoms with E-state index in [0.29, 0.717) is 37.8 Å². The fourth-order valence-corrected chi connectivity index (χ4v) is 5.71. The van der Waals surface area contributed by atoms with E-state index in [0.717, 1.165) is 17.2 Å². The van der Waals surface area contributed by atoms with Crippen molar-refractivity contribution in [3.63, 3.8) is 0 Å². The Morgan fingerprint density at radius 3 is 2.36 bits per heavy atom. The molecule has 1 saturated carbocycles. The standard InChI is InChI=1S/C33H37F3N4O4/c1-37-28(38-31(44)32(18-8-9-19-32)39-29(42)27(41)21-22-10-4-3-5-11-22)30(43)40(2)26-13-7-6-12-24(26)20-23-14-16-25(17-15-23)33(34,35)36/h3-7,10-14,16-17,23,27-28,41H,1,8-9,15,18-21H2,2H3,(H,38,44)(H,39,42)/t23?,27-,28?/m0/s1. The van der Waals surface area contributed by atoms with E-state index in [1.807, 2.05) is 6.07 Å². The highest BCUT2D eigenvalue weighted by molar-refractivity contribution is 6.01. The number of hydrogen-bond acceptors (Lipinski definition) is 5. The molecule has 0 bridgehead atoms. The Kier molecular flexibility index (Phi) is 10.4. The molecule has 2 aromatic carbocycles. The monoisotopic (exact) mass is 610 g/mol. The number of carbonyl (C=O) groups excluding carboxylic acids is 3. The lowest BCUT2D eigenvalue weighted by molar-refractivity contribution is -0.138. The van der Waals surface area contributed by atoms with Gasteiger partial charge in [-0.3, -0.25) is 19.4 Å². The van der Waals surface area contributed by atoms with E-state index in [4.69, 9.17) is 0 Å². The van der Waals surface area contributed by atoms with Crippen LogP contribution >= 0.6 is 0 Å². The second-order valence-corrected chi connectivity index (χ2v) is 11.3. The number of para-hydroxylation sites is 1. The molecule has 0 saturated heterocycles. The highest BCUT2D eigenvalue weighted by atomic mass is 19.4. The molecule has 2 aromatic rings. The first kappa shape index (κ1) is 32.7. The van der Waals surface area contributed by atoms with Crippen LogP contribution in [0.2, 0.25) is 0 Å². The molecule has 4 rings (SSSR count). The van der Waals surface area contributed by atoms with Crippen LogP contribution in [0, 0.1) is 5.92 Å². The summed E-state index contributed by atoms with van der Waals surface area (Å²) < 4.78 is 39.0. The first-order chi connectivity index (χ1) is 20.9. The molecule has 0 spiro atoms. The lowest BCUT2D eigenvalue weighted by Crippen LogP contribution is -2.61. The molecule has 0 aromatic heterocycles. The van der Waals surface area contributed by atoms with Gasteiger partial charge in [0.25, 0.3) is 5.91 Å². The molecule has 3 amide bonds. The molecule has 3 atom stereocenters. The first-order valence-electron chi connectivity index (χ1n) is 14.6. The van der Waals surface area contributed by atoms with Crippen LogP contribution in [-0.4, -0.2) is 60.6 Å². The molecule has 2 unspecified atom stereocenters. The quantitative estimate of drug-likeness (QED) is 0.327. The maximum atomic E-state index is 13.6. The second-order valence-electron chi connectivity index (χ2n) is 11.3. The Morgan fingerprint density at radius 1 is 1.09 bits per heavy atom. The van der Waals surface area contributed by atoms with Crippen molar-refractivity contribution in [3.8, 4) is 0 Å². The number of anilines is 1. The van der Waals surface area contributed by atoms with Gasteiger partial charge < -0.3 is 20.6 Å². The van der Waals surface area contributed by atoms with Crippen molar-refractivity contribution in [2.45, 2.75) is 68.9 Å². The van der Waals surface area contributed by atoms with Gasteiger partial charge >= 0.3 is 6.18 Å². The lowest BCUT2D eigenvalue weighted by Gasteiger charge is -2.32. The third kappa shape index (κ3) is 7.82. The van der Waals surface area contributed by atoms with Gasteiger partial charge in [-0.2, -0.15) is 13.2 Å². The number of nitrogens with zero attached hydrogens (tertiary/aromatic N) is 2. The number of carbonyl (C=O) groups is 3. The topological polar surface area (TPSA) is 111 Å². The number of hydrogen-bond donors (Lipinski definition) is 3. The summed E-state index contributed by atoms with van der Waals surface area (Å²) >= 11 is 0. The minimum Gasteiger partial charge on any atom is -0.383 e. The van der Waals surface area contributed by atoms with E-state index < -0.39 is 47.3 Å². The number of amides is 3. The lowest BCUT2D eigenvalue weighted by atomic mass is 9.90. The third-order valence-corrected chi connectivity index (χ3v) is 8.19. The normalized spacial score (nSPS) is 18.9. The zero-order chi connectivity index (χ0) is 31.9. The summed E-state index contributed by atoms with van der Waals surface area (Å²) in [5.74, 6) is -2.05. The molecular weight excluding hydrogens is 573 g/mol. The number of aliphatic hydroxyl groups is 1. The number of allylic oxidation sites excluding steroid dienone is 4. The fraction of sp³-hybridized carbons (Fsp3) is 0.394. The number of alkyl halides is 3. The molecule has 1 fully saturated rings. The van der Waals surface area contributed by atoms with Gasteiger partial charge in [-0.1, -0.05) is 79.6 Å². The van der Waals surface area contributed by atoms with Crippen molar-refractivity contribution in [3.05, 3.63) is 89.5 Å². The number of halogens is 3. The molecule has 2 aliphatic rings. The van der Waals surface area contributed by atoms with Gasteiger partial charge in [0.05, 0.1) is 5.57 Å². The van der Waals surface area contributed by atoms with Crippen LogP contribution in [0.4, 0.5) is 18.9 Å². The fourth-order valence-electron chi connectivity index (χ4n) is 5.71. The van der Waals surface area contributed by atoms with Crippen LogP contribution in [0.5, 0.6) is 0 Å². The van der Waals surface area contributed by atoms with Crippen molar-refractivity contribution in [1.82, 2.24) is 10.6 Å². The highest BCUT2D eigenvalue weighted by Crippen LogP contribution is 2.33. The van der Waals surface area contributed by atoms with Crippen LogP contribution in [0.15, 0.2) is 83.4 Å². The summed E-state index contributed by atoms with van der Waals surface area (Å²) in [7, 11) is 1.52. The van der Waals surface area contributed by atoms with E-state index >= 15 is 0 Å². The minimum absolute atomic E-state index is 0.0837. The van der Waals surface area contributed by atoms with Gasteiger partial charge in [0, 0.05) is 19.2 Å². The second kappa shape index (κ2) is 14.0. The summed E-state index contributed by atoms with van der Waals surface area (Å²) in [5.41, 5.74) is 0.0407. The van der Waals surface area contributed by atoms with E-state index in [2.05, 4.69) is 22.3 Å². The van der Waals surface area contributed by atoms with Crippen LogP contribution < -0.4 is 15.5 Å². The molecule has 0 heterocycles. The average Bonchev–Trinajstić information content (AvgIpc) is 3.49. The van der Waals surface area contributed by atoms with E-state index in [1.54, 1.807) is 48.5 Å². The molecular formula is C33H37F3N4O4. The van der Waals surface area contributed by atoms with Crippen molar-refractivity contribution >= 4 is 30.1 Å². The molecule has 3 N–H and O–H groups in total. The predicted octanol–water partition coefficient (Wildman–Crippen LogP) is 4.43. The zero-order valence-corrected chi connectivity index (χ0v) is 24.5. The van der Waals surface area contributed by atoms with Crippen LogP contribution in [0.3, 0.4) is 0 Å². The summed E-state index contributed by atoms with van der Waals surface area (Å²) in [4.78, 5) is 45.3. The summed E-state index contributed by atoms with van der Waals surface area (Å²) in [6.45, 7) is 3.49. The highest BCUT2D eigenvalue weighted by Gasteiger charge is 2.44.